The molecule has 9 nitrogen and oxygen atoms in total. The number of likely N-dealkylation sites (tertiary alicyclic amines) is 1. The number of nitrogens with one attached hydrogen (secondary N) is 1. The second-order valence-electron chi connectivity index (χ2n) is 8.93. The van der Waals surface area contributed by atoms with Crippen molar-refractivity contribution in [2.75, 3.05) is 31.9 Å². The number of nitrogen functional groups attached to an aromatic ring is 1. The van der Waals surface area contributed by atoms with Gasteiger partial charge in [-0.15, -0.1) is 0 Å². The maximum Gasteiger partial charge on any atom is 0.255 e. The van der Waals surface area contributed by atoms with Crippen LogP contribution in [0.4, 0.5) is 5.69 Å². The number of nitrogens with two attached hydrogens (primary N) is 1. The maximum absolute atomic E-state index is 12.9. The Morgan fingerprint density at radius 3 is 2.80 bits per heavy atom. The first kappa shape index (κ1) is 24.1. The van der Waals surface area contributed by atoms with Crippen LogP contribution in [0.2, 0.25) is 0 Å². The van der Waals surface area contributed by atoms with Crippen LogP contribution in [0.15, 0.2) is 59.6 Å². The summed E-state index contributed by atoms with van der Waals surface area (Å²) in [6, 6.07) is 9.41. The number of nitriles is 1. The fourth-order valence-electron chi connectivity index (χ4n) is 4.32. The van der Waals surface area contributed by atoms with Crippen LogP contribution in [0.1, 0.15) is 48.4 Å². The van der Waals surface area contributed by atoms with Gasteiger partial charge in [0, 0.05) is 37.9 Å². The van der Waals surface area contributed by atoms with E-state index in [0.717, 1.165) is 43.9 Å². The van der Waals surface area contributed by atoms with Gasteiger partial charge < -0.3 is 11.1 Å². The molecule has 3 N–H and O–H groups in total. The van der Waals surface area contributed by atoms with Gasteiger partial charge in [0.2, 0.25) is 0 Å². The number of aliphatic imine (C=N–C) groups is 1. The van der Waals surface area contributed by atoms with Crippen molar-refractivity contribution in [1.29, 1.82) is 5.26 Å². The summed E-state index contributed by atoms with van der Waals surface area (Å²) in [7, 11) is 0. The number of aromatic nitrogens is 3. The molecule has 0 aliphatic carbocycles. The summed E-state index contributed by atoms with van der Waals surface area (Å²) in [6.45, 7) is 7.49. The van der Waals surface area contributed by atoms with Crippen LogP contribution >= 0.6 is 0 Å². The minimum absolute atomic E-state index is 0.222. The number of carbonyl (C=O) groups is 1. The highest BCUT2D eigenvalue weighted by atomic mass is 16.1. The molecule has 1 saturated heterocycles. The van der Waals surface area contributed by atoms with E-state index in [1.54, 1.807) is 23.0 Å². The molecule has 35 heavy (non-hydrogen) atoms. The second-order valence-corrected chi connectivity index (χ2v) is 8.93. The van der Waals surface area contributed by atoms with Gasteiger partial charge in [0.15, 0.2) is 5.65 Å². The summed E-state index contributed by atoms with van der Waals surface area (Å²) in [5, 5.41) is 12.4. The smallest absolute Gasteiger partial charge is 0.255 e. The van der Waals surface area contributed by atoms with E-state index in [1.807, 2.05) is 31.3 Å². The molecule has 180 valence electrons. The standard InChI is InChI=1S/C26H30N8O/c1-18(15-31-19(2)23-5-3-4-8-29-23)17-33-10-6-20(7-11-33)16-32-26(35)21-13-22(28)24(14-27)34-12-9-30-25(21)34/h3-5,8-9,12-13,15,20H,6-7,10-11,16-17,28H2,1-2H3,(H,32,35)/b18-15+,31-19?. The fourth-order valence-corrected chi connectivity index (χ4v) is 4.32. The van der Waals surface area contributed by atoms with E-state index in [-0.39, 0.29) is 17.3 Å². The first-order valence-corrected chi connectivity index (χ1v) is 11.7. The average Bonchev–Trinajstić information content (AvgIpc) is 3.36. The first-order chi connectivity index (χ1) is 17.0. The Hall–Kier alpha value is -4.03. The number of piperidine rings is 1. The van der Waals surface area contributed by atoms with Gasteiger partial charge in [-0.1, -0.05) is 6.07 Å². The SMILES string of the molecule is CC(=N/C=C(\C)CN1CCC(CNC(=O)c2cc(N)c(C#N)n3ccnc23)CC1)c1ccccn1. The molecule has 4 heterocycles. The van der Waals surface area contributed by atoms with Crippen molar-refractivity contribution in [2.24, 2.45) is 10.9 Å². The lowest BCUT2D eigenvalue weighted by Gasteiger charge is -2.32. The van der Waals surface area contributed by atoms with Gasteiger partial charge in [0.1, 0.15) is 11.8 Å². The molecule has 0 saturated carbocycles. The van der Waals surface area contributed by atoms with Crippen LogP contribution in [-0.4, -0.2) is 57.1 Å². The summed E-state index contributed by atoms with van der Waals surface area (Å²) < 4.78 is 1.56. The Balaban J connectivity index is 1.27. The summed E-state index contributed by atoms with van der Waals surface area (Å²) in [4.78, 5) is 28.4. The number of anilines is 1. The van der Waals surface area contributed by atoms with E-state index in [1.165, 1.54) is 11.6 Å². The van der Waals surface area contributed by atoms with Crippen molar-refractivity contribution in [3.05, 3.63) is 71.6 Å². The van der Waals surface area contributed by atoms with Crippen molar-refractivity contribution >= 4 is 23.0 Å². The second kappa shape index (κ2) is 10.9. The van der Waals surface area contributed by atoms with Gasteiger partial charge in [0.25, 0.3) is 5.91 Å². The predicted molar refractivity (Wildman–Crippen MR) is 136 cm³/mol. The zero-order chi connectivity index (χ0) is 24.8. The van der Waals surface area contributed by atoms with Gasteiger partial charge in [0.05, 0.1) is 22.7 Å². The largest absolute Gasteiger partial charge is 0.396 e. The lowest BCUT2D eigenvalue weighted by Crippen LogP contribution is -2.39. The van der Waals surface area contributed by atoms with Crippen molar-refractivity contribution in [1.82, 2.24) is 24.6 Å². The van der Waals surface area contributed by atoms with Crippen molar-refractivity contribution in [3.8, 4) is 6.07 Å². The zero-order valence-corrected chi connectivity index (χ0v) is 20.1. The zero-order valence-electron chi connectivity index (χ0n) is 20.1. The molecule has 3 aromatic heterocycles. The molecule has 1 amide bonds. The van der Waals surface area contributed by atoms with Gasteiger partial charge in [-0.2, -0.15) is 5.26 Å². The summed E-state index contributed by atoms with van der Waals surface area (Å²) in [5.41, 5.74) is 10.3. The molecule has 3 aromatic rings. The molecule has 9 heteroatoms. The summed E-state index contributed by atoms with van der Waals surface area (Å²) >= 11 is 0. The number of hydrogen-bond donors (Lipinski definition) is 2. The molecule has 0 radical (unpaired) electrons. The molecule has 0 atom stereocenters. The molecule has 0 aromatic carbocycles. The van der Waals surface area contributed by atoms with Gasteiger partial charge >= 0.3 is 0 Å². The van der Waals surface area contributed by atoms with E-state index in [2.05, 4.69) is 38.2 Å². The van der Waals surface area contributed by atoms with E-state index in [4.69, 9.17) is 5.73 Å². The minimum Gasteiger partial charge on any atom is -0.396 e. The van der Waals surface area contributed by atoms with Gasteiger partial charge in [-0.3, -0.25) is 24.1 Å². The number of hydrogen-bond acceptors (Lipinski definition) is 7. The topological polar surface area (TPSA) is 125 Å². The number of nitrogens with zero attached hydrogens (tertiary/aromatic N) is 6. The maximum atomic E-state index is 12.9. The van der Waals surface area contributed by atoms with Crippen LogP contribution in [0, 0.1) is 17.2 Å². The van der Waals surface area contributed by atoms with Crippen LogP contribution in [-0.2, 0) is 0 Å². The monoisotopic (exact) mass is 470 g/mol. The number of carbonyl (C=O) groups excluding carboxylic acids is 1. The Bertz CT molecular complexity index is 1290. The van der Waals surface area contributed by atoms with E-state index < -0.39 is 0 Å². The highest BCUT2D eigenvalue weighted by Gasteiger charge is 2.21. The molecule has 1 aliphatic rings. The predicted octanol–water partition coefficient (Wildman–Crippen LogP) is 3.04. The summed E-state index contributed by atoms with van der Waals surface area (Å²) in [6.07, 6.45) is 8.92. The highest BCUT2D eigenvalue weighted by Crippen LogP contribution is 2.20. The van der Waals surface area contributed by atoms with Crippen molar-refractivity contribution in [3.63, 3.8) is 0 Å². The third-order valence-corrected chi connectivity index (χ3v) is 6.29. The van der Waals surface area contributed by atoms with E-state index >= 15 is 0 Å². The molecule has 0 unspecified atom stereocenters. The Kier molecular flexibility index (Phi) is 7.53. The first-order valence-electron chi connectivity index (χ1n) is 11.7. The van der Waals surface area contributed by atoms with Crippen LogP contribution in [0.3, 0.4) is 0 Å². The number of amides is 1. The molecule has 1 aliphatic heterocycles. The molecular weight excluding hydrogens is 440 g/mol. The molecule has 0 spiro atoms. The van der Waals surface area contributed by atoms with Crippen LogP contribution in [0.25, 0.3) is 5.65 Å². The third kappa shape index (κ3) is 5.73. The van der Waals surface area contributed by atoms with Crippen LogP contribution < -0.4 is 11.1 Å². The van der Waals surface area contributed by atoms with Gasteiger partial charge in [-0.25, -0.2) is 4.98 Å². The van der Waals surface area contributed by atoms with E-state index in [0.29, 0.717) is 23.7 Å². The van der Waals surface area contributed by atoms with E-state index in [9.17, 15) is 10.1 Å². The van der Waals surface area contributed by atoms with Crippen molar-refractivity contribution in [2.45, 2.75) is 26.7 Å². The number of fused-ring (bicyclic) bond motifs is 1. The third-order valence-electron chi connectivity index (χ3n) is 6.29. The molecule has 4 rings (SSSR count). The molecular formula is C26H30N8O. The number of imidazole rings is 1. The lowest BCUT2D eigenvalue weighted by atomic mass is 9.96. The number of pyridine rings is 2. The quantitative estimate of drug-likeness (QED) is 0.512. The van der Waals surface area contributed by atoms with Gasteiger partial charge in [-0.05, 0) is 69.5 Å². The number of rotatable bonds is 7. The van der Waals surface area contributed by atoms with Crippen molar-refractivity contribution < 1.29 is 4.79 Å². The lowest BCUT2D eigenvalue weighted by molar-refractivity contribution is 0.0938. The Morgan fingerprint density at radius 2 is 2.09 bits per heavy atom. The normalized spacial score (nSPS) is 15.8. The summed E-state index contributed by atoms with van der Waals surface area (Å²) in [5.74, 6) is 0.190. The average molecular weight is 471 g/mol. The Labute approximate surface area is 205 Å². The molecule has 0 bridgehead atoms. The fraction of sp³-hybridized carbons (Fsp3) is 0.346. The minimum atomic E-state index is -0.222. The highest BCUT2D eigenvalue weighted by molar-refractivity contribution is 6.01. The molecule has 1 fully saturated rings. The Morgan fingerprint density at radius 1 is 1.29 bits per heavy atom. The van der Waals surface area contributed by atoms with Crippen LogP contribution in [0.5, 0.6) is 0 Å².